The third-order valence-corrected chi connectivity index (χ3v) is 1.68. The van der Waals surface area contributed by atoms with E-state index in [1.54, 1.807) is 18.2 Å². The molecule has 0 saturated heterocycles. The molecule has 0 aliphatic rings. The SMILES string of the molecule is COC(=O)CC=CC(C)C=CCC(=O)O.[Y]. The third-order valence-electron chi connectivity index (χ3n) is 1.68. The Morgan fingerprint density at radius 3 is 2.19 bits per heavy atom. The average Bonchev–Trinajstić information content (AvgIpc) is 2.17. The molecule has 1 unspecified atom stereocenters. The van der Waals surface area contributed by atoms with E-state index in [0.29, 0.717) is 0 Å². The zero-order valence-electron chi connectivity index (χ0n) is 9.55. The fraction of sp³-hybridized carbons (Fsp3) is 0.455. The molecule has 0 aromatic carbocycles. The molecule has 0 heterocycles. The van der Waals surface area contributed by atoms with Gasteiger partial charge in [-0.25, -0.2) is 0 Å². The molecular weight excluding hydrogens is 285 g/mol. The molecule has 0 aliphatic carbocycles. The molecule has 0 fully saturated rings. The van der Waals surface area contributed by atoms with Gasteiger partial charge in [0, 0.05) is 32.7 Å². The molecule has 1 radical (unpaired) electrons. The van der Waals surface area contributed by atoms with Gasteiger partial charge in [0.05, 0.1) is 20.0 Å². The van der Waals surface area contributed by atoms with Crippen molar-refractivity contribution in [3.8, 4) is 0 Å². The fourth-order valence-electron chi connectivity index (χ4n) is 0.910. The Bertz CT molecular complexity index is 271. The largest absolute Gasteiger partial charge is 0.481 e. The summed E-state index contributed by atoms with van der Waals surface area (Å²) in [5.41, 5.74) is 0. The summed E-state index contributed by atoms with van der Waals surface area (Å²) in [5, 5.41) is 8.38. The van der Waals surface area contributed by atoms with Crippen molar-refractivity contribution in [3.05, 3.63) is 24.3 Å². The van der Waals surface area contributed by atoms with E-state index >= 15 is 0 Å². The average molecular weight is 301 g/mol. The van der Waals surface area contributed by atoms with Gasteiger partial charge in [0.1, 0.15) is 0 Å². The minimum absolute atomic E-state index is 0. The Hall–Kier alpha value is -0.476. The minimum atomic E-state index is -0.850. The van der Waals surface area contributed by atoms with Crippen LogP contribution in [0.3, 0.4) is 0 Å². The first-order valence-electron chi connectivity index (χ1n) is 4.68. The van der Waals surface area contributed by atoms with Crippen LogP contribution in [0.5, 0.6) is 0 Å². The number of hydrogen-bond acceptors (Lipinski definition) is 3. The van der Waals surface area contributed by atoms with E-state index in [1.165, 1.54) is 7.11 Å². The van der Waals surface area contributed by atoms with Crippen LogP contribution in [0.1, 0.15) is 19.8 Å². The molecular formula is C11H16O4Y. The van der Waals surface area contributed by atoms with Crippen LogP contribution in [0.2, 0.25) is 0 Å². The van der Waals surface area contributed by atoms with Gasteiger partial charge >= 0.3 is 11.9 Å². The Labute approximate surface area is 121 Å². The molecule has 0 aromatic heterocycles. The molecule has 1 atom stereocenters. The maximum atomic E-state index is 10.7. The van der Waals surface area contributed by atoms with Crippen molar-refractivity contribution < 1.29 is 52.1 Å². The molecule has 0 saturated carbocycles. The molecule has 0 aromatic rings. The van der Waals surface area contributed by atoms with Gasteiger partial charge in [0.2, 0.25) is 0 Å². The quantitative estimate of drug-likeness (QED) is 0.600. The molecule has 16 heavy (non-hydrogen) atoms. The van der Waals surface area contributed by atoms with Crippen LogP contribution in [-0.4, -0.2) is 24.2 Å². The Kier molecular flexibility index (Phi) is 12.3. The van der Waals surface area contributed by atoms with Gasteiger partial charge in [-0.15, -0.1) is 0 Å². The first-order valence-corrected chi connectivity index (χ1v) is 4.68. The summed E-state index contributed by atoms with van der Waals surface area (Å²) in [6.07, 6.45) is 7.18. The van der Waals surface area contributed by atoms with Gasteiger partial charge in [-0.1, -0.05) is 31.2 Å². The third kappa shape index (κ3) is 11.6. The van der Waals surface area contributed by atoms with Crippen molar-refractivity contribution in [1.82, 2.24) is 0 Å². The summed E-state index contributed by atoms with van der Waals surface area (Å²) in [7, 11) is 1.34. The predicted molar refractivity (Wildman–Crippen MR) is 56.3 cm³/mol. The maximum absolute atomic E-state index is 10.7. The minimum Gasteiger partial charge on any atom is -0.481 e. The van der Waals surface area contributed by atoms with Crippen molar-refractivity contribution in [2.75, 3.05) is 7.11 Å². The van der Waals surface area contributed by atoms with Crippen molar-refractivity contribution in [3.63, 3.8) is 0 Å². The van der Waals surface area contributed by atoms with Gasteiger partial charge < -0.3 is 9.84 Å². The zero-order chi connectivity index (χ0) is 11.7. The van der Waals surface area contributed by atoms with Gasteiger partial charge in [-0.3, -0.25) is 9.59 Å². The molecule has 87 valence electrons. The Morgan fingerprint density at radius 1 is 1.25 bits per heavy atom. The standard InChI is InChI=1S/C11H16O4.Y/c1-9(5-3-7-10(12)13)6-4-8-11(14)15-2;/h3-6,9H,7-8H2,1-2H3,(H,12,13);. The molecule has 0 rings (SSSR count). The van der Waals surface area contributed by atoms with E-state index in [4.69, 9.17) is 5.11 Å². The number of aliphatic carboxylic acids is 1. The van der Waals surface area contributed by atoms with Crippen LogP contribution < -0.4 is 0 Å². The number of carboxylic acids is 1. The number of allylic oxidation sites excluding steroid dienone is 2. The summed E-state index contributed by atoms with van der Waals surface area (Å²) in [5.74, 6) is -1.01. The van der Waals surface area contributed by atoms with E-state index in [-0.39, 0.29) is 57.4 Å². The number of methoxy groups -OCH3 is 1. The molecule has 0 spiro atoms. The van der Waals surface area contributed by atoms with E-state index in [0.717, 1.165) is 0 Å². The van der Waals surface area contributed by atoms with Crippen molar-refractivity contribution in [2.24, 2.45) is 5.92 Å². The number of hydrogen-bond donors (Lipinski definition) is 1. The fourth-order valence-corrected chi connectivity index (χ4v) is 0.910. The predicted octanol–water partition coefficient (Wildman–Crippen LogP) is 1.77. The van der Waals surface area contributed by atoms with Crippen LogP contribution in [0.4, 0.5) is 0 Å². The number of carbonyl (C=O) groups excluding carboxylic acids is 1. The summed E-state index contributed by atoms with van der Waals surface area (Å²) in [4.78, 5) is 20.9. The molecule has 0 bridgehead atoms. The normalized spacial score (nSPS) is 12.4. The van der Waals surface area contributed by atoms with Crippen LogP contribution in [0.15, 0.2) is 24.3 Å². The number of carbonyl (C=O) groups is 2. The summed E-state index contributed by atoms with van der Waals surface area (Å²) < 4.78 is 4.46. The summed E-state index contributed by atoms with van der Waals surface area (Å²) >= 11 is 0. The number of rotatable bonds is 6. The van der Waals surface area contributed by atoms with Crippen LogP contribution in [0, 0.1) is 5.92 Å². The van der Waals surface area contributed by atoms with E-state index in [1.807, 2.05) is 13.0 Å². The summed E-state index contributed by atoms with van der Waals surface area (Å²) in [6, 6.07) is 0. The molecule has 0 aliphatic heterocycles. The van der Waals surface area contributed by atoms with Gasteiger partial charge in [0.25, 0.3) is 0 Å². The second-order valence-corrected chi connectivity index (χ2v) is 3.09. The van der Waals surface area contributed by atoms with Gasteiger partial charge in [-0.05, 0) is 5.92 Å². The molecule has 5 heteroatoms. The number of ether oxygens (including phenoxy) is 1. The van der Waals surface area contributed by atoms with Crippen molar-refractivity contribution >= 4 is 11.9 Å². The molecule has 4 nitrogen and oxygen atoms in total. The second-order valence-electron chi connectivity index (χ2n) is 3.09. The van der Waals surface area contributed by atoms with E-state index in [2.05, 4.69) is 4.74 Å². The van der Waals surface area contributed by atoms with Gasteiger partial charge in [0.15, 0.2) is 0 Å². The maximum Gasteiger partial charge on any atom is 0.309 e. The van der Waals surface area contributed by atoms with E-state index < -0.39 is 5.97 Å². The molecule has 1 N–H and O–H groups in total. The smallest absolute Gasteiger partial charge is 0.309 e. The number of esters is 1. The van der Waals surface area contributed by atoms with Crippen molar-refractivity contribution in [1.29, 1.82) is 0 Å². The van der Waals surface area contributed by atoms with Crippen LogP contribution >= 0.6 is 0 Å². The first kappa shape index (κ1) is 17.9. The van der Waals surface area contributed by atoms with Crippen LogP contribution in [-0.2, 0) is 47.0 Å². The van der Waals surface area contributed by atoms with Crippen LogP contribution in [0.25, 0.3) is 0 Å². The second kappa shape index (κ2) is 11.0. The molecule has 0 amide bonds. The zero-order valence-corrected chi connectivity index (χ0v) is 12.4. The summed E-state index contributed by atoms with van der Waals surface area (Å²) in [6.45, 7) is 1.91. The number of carboxylic acid groups (broad SMARTS) is 1. The Morgan fingerprint density at radius 2 is 1.75 bits per heavy atom. The van der Waals surface area contributed by atoms with Gasteiger partial charge in [-0.2, -0.15) is 0 Å². The Balaban J connectivity index is 0. The topological polar surface area (TPSA) is 63.6 Å². The van der Waals surface area contributed by atoms with E-state index in [9.17, 15) is 9.59 Å². The first-order chi connectivity index (χ1) is 7.06. The van der Waals surface area contributed by atoms with Crippen molar-refractivity contribution in [2.45, 2.75) is 19.8 Å². The monoisotopic (exact) mass is 301 g/mol.